The van der Waals surface area contributed by atoms with Crippen LogP contribution in [0.4, 0.5) is 4.39 Å². The molecule has 0 N–H and O–H groups in total. The third-order valence-electron chi connectivity index (χ3n) is 3.05. The molecule has 2 rings (SSSR count). The van der Waals surface area contributed by atoms with Crippen LogP contribution in [0, 0.1) is 17.1 Å². The first kappa shape index (κ1) is 14.4. The minimum atomic E-state index is -0.487. The molecule has 0 spiro atoms. The summed E-state index contributed by atoms with van der Waals surface area (Å²) in [5.74, 6) is -0.355. The highest BCUT2D eigenvalue weighted by atomic mass is 35.5. The Morgan fingerprint density at radius 2 is 2.10 bits per heavy atom. The van der Waals surface area contributed by atoms with Gasteiger partial charge in [-0.05, 0) is 42.3 Å². The molecular formula is C16H13ClFNO. The van der Waals surface area contributed by atoms with E-state index in [0.29, 0.717) is 22.8 Å². The van der Waals surface area contributed by atoms with Gasteiger partial charge < -0.3 is 4.74 Å². The van der Waals surface area contributed by atoms with E-state index in [1.807, 2.05) is 12.1 Å². The lowest BCUT2D eigenvalue weighted by Crippen LogP contribution is -2.03. The zero-order valence-electron chi connectivity index (χ0n) is 10.9. The number of hydrogen-bond donors (Lipinski definition) is 0. The van der Waals surface area contributed by atoms with Crippen molar-refractivity contribution in [1.82, 2.24) is 0 Å². The first-order valence-corrected chi connectivity index (χ1v) is 6.49. The lowest BCUT2D eigenvalue weighted by Gasteiger charge is -2.14. The van der Waals surface area contributed by atoms with Crippen molar-refractivity contribution in [3.05, 3.63) is 64.4 Å². The Balaban J connectivity index is 2.34. The number of halogens is 2. The van der Waals surface area contributed by atoms with Crippen LogP contribution in [-0.2, 0) is 6.42 Å². The molecule has 0 aliphatic carbocycles. The summed E-state index contributed by atoms with van der Waals surface area (Å²) in [6.45, 7) is 0. The van der Waals surface area contributed by atoms with Gasteiger partial charge in [0.1, 0.15) is 11.6 Å². The van der Waals surface area contributed by atoms with Crippen LogP contribution in [0.25, 0.3) is 0 Å². The molecule has 0 amide bonds. The van der Waals surface area contributed by atoms with Crippen LogP contribution in [-0.4, -0.2) is 7.11 Å². The molecule has 0 aliphatic heterocycles. The topological polar surface area (TPSA) is 33.0 Å². The van der Waals surface area contributed by atoms with Crippen molar-refractivity contribution >= 4 is 11.6 Å². The van der Waals surface area contributed by atoms with Gasteiger partial charge in [-0.1, -0.05) is 23.7 Å². The highest BCUT2D eigenvalue weighted by Crippen LogP contribution is 2.30. The van der Waals surface area contributed by atoms with Gasteiger partial charge in [-0.15, -0.1) is 0 Å². The summed E-state index contributed by atoms with van der Waals surface area (Å²) in [4.78, 5) is 0. The van der Waals surface area contributed by atoms with Gasteiger partial charge in [-0.3, -0.25) is 0 Å². The number of benzene rings is 2. The minimum absolute atomic E-state index is 0.382. The summed E-state index contributed by atoms with van der Waals surface area (Å²) in [5, 5.41) is 9.98. The third-order valence-corrected chi connectivity index (χ3v) is 3.29. The smallest absolute Gasteiger partial charge is 0.123 e. The predicted molar refractivity (Wildman–Crippen MR) is 76.5 cm³/mol. The van der Waals surface area contributed by atoms with Gasteiger partial charge in [0.15, 0.2) is 0 Å². The van der Waals surface area contributed by atoms with E-state index >= 15 is 0 Å². The highest BCUT2D eigenvalue weighted by Gasteiger charge is 2.17. The van der Waals surface area contributed by atoms with Gasteiger partial charge in [-0.25, -0.2) is 4.39 Å². The lowest BCUT2D eigenvalue weighted by molar-refractivity contribution is 0.406. The van der Waals surface area contributed by atoms with E-state index in [9.17, 15) is 9.65 Å². The fraction of sp³-hybridized carbons (Fsp3) is 0.188. The van der Waals surface area contributed by atoms with Crippen molar-refractivity contribution < 1.29 is 9.13 Å². The molecule has 0 radical (unpaired) electrons. The van der Waals surface area contributed by atoms with Crippen LogP contribution in [0.1, 0.15) is 17.0 Å². The summed E-state index contributed by atoms with van der Waals surface area (Å²) in [5.41, 5.74) is 1.48. The molecule has 102 valence electrons. The molecule has 2 aromatic rings. The second kappa shape index (κ2) is 6.40. The van der Waals surface area contributed by atoms with E-state index in [0.717, 1.165) is 5.56 Å². The Kier molecular flexibility index (Phi) is 4.60. The Hall–Kier alpha value is -2.05. The molecule has 2 aromatic carbocycles. The van der Waals surface area contributed by atoms with Gasteiger partial charge in [0.2, 0.25) is 0 Å². The number of hydrogen-bond acceptors (Lipinski definition) is 2. The van der Waals surface area contributed by atoms with Gasteiger partial charge in [0.25, 0.3) is 0 Å². The van der Waals surface area contributed by atoms with Crippen molar-refractivity contribution in [2.45, 2.75) is 12.3 Å². The monoisotopic (exact) mass is 289 g/mol. The fourth-order valence-corrected chi connectivity index (χ4v) is 2.32. The Morgan fingerprint density at radius 3 is 2.75 bits per heavy atom. The summed E-state index contributed by atoms with van der Waals surface area (Å²) in [6, 6.07) is 13.7. The Labute approximate surface area is 122 Å². The summed E-state index contributed by atoms with van der Waals surface area (Å²) in [7, 11) is 1.50. The average molecular weight is 290 g/mol. The van der Waals surface area contributed by atoms with Gasteiger partial charge >= 0.3 is 0 Å². The summed E-state index contributed by atoms with van der Waals surface area (Å²) < 4.78 is 18.6. The number of nitrogens with zero attached hydrogens (tertiary/aromatic N) is 1. The molecular weight excluding hydrogens is 277 g/mol. The third kappa shape index (κ3) is 3.28. The zero-order chi connectivity index (χ0) is 14.5. The molecule has 0 fully saturated rings. The maximum Gasteiger partial charge on any atom is 0.123 e. The summed E-state index contributed by atoms with van der Waals surface area (Å²) in [6.07, 6.45) is 0.455. The van der Waals surface area contributed by atoms with Gasteiger partial charge in [-0.2, -0.15) is 5.26 Å². The van der Waals surface area contributed by atoms with Gasteiger partial charge in [0, 0.05) is 10.6 Å². The van der Waals surface area contributed by atoms with Gasteiger partial charge in [0.05, 0.1) is 19.1 Å². The molecule has 1 atom stereocenters. The van der Waals surface area contributed by atoms with E-state index < -0.39 is 5.92 Å². The van der Waals surface area contributed by atoms with E-state index in [1.165, 1.54) is 25.3 Å². The maximum absolute atomic E-state index is 13.4. The predicted octanol–water partition coefficient (Wildman–Crippen LogP) is 4.34. The normalized spacial score (nSPS) is 11.7. The molecule has 2 nitrogen and oxygen atoms in total. The molecule has 0 aliphatic rings. The zero-order valence-corrected chi connectivity index (χ0v) is 11.7. The van der Waals surface area contributed by atoms with Crippen LogP contribution in [0.15, 0.2) is 42.5 Å². The van der Waals surface area contributed by atoms with E-state index in [2.05, 4.69) is 6.07 Å². The molecule has 4 heteroatoms. The van der Waals surface area contributed by atoms with Crippen molar-refractivity contribution in [3.8, 4) is 11.8 Å². The molecule has 0 heterocycles. The average Bonchev–Trinajstić information content (AvgIpc) is 2.45. The minimum Gasteiger partial charge on any atom is -0.496 e. The quantitative estimate of drug-likeness (QED) is 0.839. The number of nitriles is 1. The summed E-state index contributed by atoms with van der Waals surface area (Å²) >= 11 is 5.93. The van der Waals surface area contributed by atoms with Crippen LogP contribution >= 0.6 is 11.6 Å². The Bertz CT molecular complexity index is 651. The maximum atomic E-state index is 13.4. The van der Waals surface area contributed by atoms with Crippen LogP contribution in [0.2, 0.25) is 5.02 Å². The molecule has 0 aromatic heterocycles. The van der Waals surface area contributed by atoms with E-state index in [-0.39, 0.29) is 5.82 Å². The fourth-order valence-electron chi connectivity index (χ4n) is 2.10. The van der Waals surface area contributed by atoms with Crippen LogP contribution in [0.3, 0.4) is 0 Å². The van der Waals surface area contributed by atoms with Crippen LogP contribution < -0.4 is 4.74 Å². The first-order valence-electron chi connectivity index (χ1n) is 6.11. The molecule has 0 saturated carbocycles. The second-order valence-electron chi connectivity index (χ2n) is 4.40. The molecule has 1 unspecified atom stereocenters. The molecule has 0 saturated heterocycles. The van der Waals surface area contributed by atoms with Crippen molar-refractivity contribution in [2.75, 3.05) is 7.11 Å². The highest BCUT2D eigenvalue weighted by molar-refractivity contribution is 6.30. The van der Waals surface area contributed by atoms with E-state index in [1.54, 1.807) is 12.1 Å². The first-order chi connectivity index (χ1) is 9.63. The number of rotatable bonds is 4. The van der Waals surface area contributed by atoms with E-state index in [4.69, 9.17) is 16.3 Å². The largest absolute Gasteiger partial charge is 0.496 e. The van der Waals surface area contributed by atoms with Crippen molar-refractivity contribution in [3.63, 3.8) is 0 Å². The molecule has 0 bridgehead atoms. The van der Waals surface area contributed by atoms with Crippen molar-refractivity contribution in [1.29, 1.82) is 5.26 Å². The van der Waals surface area contributed by atoms with Crippen molar-refractivity contribution in [2.24, 2.45) is 0 Å². The molecule has 20 heavy (non-hydrogen) atoms. The Morgan fingerprint density at radius 1 is 1.30 bits per heavy atom. The SMILES string of the molecule is COc1ccc(F)cc1C(C#N)Cc1cccc(Cl)c1. The second-order valence-corrected chi connectivity index (χ2v) is 4.84. The number of methoxy groups -OCH3 is 1. The lowest BCUT2D eigenvalue weighted by atomic mass is 9.92. The standard InChI is InChI=1S/C16H13ClFNO/c1-20-16-6-5-14(18)9-15(16)12(10-19)7-11-3-2-4-13(17)8-11/h2-6,8-9,12H,7H2,1H3. The van der Waals surface area contributed by atoms with Crippen LogP contribution in [0.5, 0.6) is 5.75 Å². The number of ether oxygens (including phenoxy) is 1.